The van der Waals surface area contributed by atoms with Crippen LogP contribution in [0.25, 0.3) is 10.9 Å². The molecule has 5 heteroatoms. The first-order chi connectivity index (χ1) is 12.6. The molecule has 0 aliphatic rings. The summed E-state index contributed by atoms with van der Waals surface area (Å²) in [6.45, 7) is 1.47. The molecule has 1 amide bonds. The van der Waals surface area contributed by atoms with Crippen molar-refractivity contribution in [3.8, 4) is 0 Å². The van der Waals surface area contributed by atoms with Crippen LogP contribution in [0, 0.1) is 3.57 Å². The second-order valence-corrected chi connectivity index (χ2v) is 7.45. The molecule has 0 spiro atoms. The van der Waals surface area contributed by atoms with Crippen molar-refractivity contribution in [2.75, 3.05) is 6.54 Å². The Kier molecular flexibility index (Phi) is 6.44. The number of rotatable bonds is 8. The van der Waals surface area contributed by atoms with E-state index < -0.39 is 0 Å². The molecule has 0 atom stereocenters. The Morgan fingerprint density at radius 1 is 0.962 bits per heavy atom. The Morgan fingerprint density at radius 3 is 2.54 bits per heavy atom. The number of ketones is 1. The maximum absolute atomic E-state index is 12.1. The molecule has 1 heterocycles. The average Bonchev–Trinajstić information content (AvgIpc) is 3.07. The largest absolute Gasteiger partial charge is 0.356 e. The van der Waals surface area contributed by atoms with Crippen LogP contribution in [0.5, 0.6) is 0 Å². The van der Waals surface area contributed by atoms with E-state index in [0.29, 0.717) is 12.1 Å². The summed E-state index contributed by atoms with van der Waals surface area (Å²) in [5.74, 6) is -0.0587. The van der Waals surface area contributed by atoms with Gasteiger partial charge in [0.25, 0.3) is 0 Å². The minimum absolute atomic E-state index is 0.00959. The molecule has 134 valence electrons. The lowest BCUT2D eigenvalue weighted by Crippen LogP contribution is -2.25. The molecule has 1 aromatic heterocycles. The van der Waals surface area contributed by atoms with Crippen molar-refractivity contribution in [1.29, 1.82) is 0 Å². The third-order valence-corrected chi connectivity index (χ3v) is 5.04. The molecule has 0 saturated heterocycles. The summed E-state index contributed by atoms with van der Waals surface area (Å²) < 4.78 is 3.29. The fourth-order valence-corrected chi connectivity index (χ4v) is 3.27. The fourth-order valence-electron chi connectivity index (χ4n) is 2.91. The number of fused-ring (bicyclic) bond motifs is 1. The van der Waals surface area contributed by atoms with Gasteiger partial charge >= 0.3 is 0 Å². The van der Waals surface area contributed by atoms with Gasteiger partial charge in [-0.15, -0.1) is 0 Å². The summed E-state index contributed by atoms with van der Waals surface area (Å²) in [6.07, 6.45) is 3.41. The molecule has 0 aliphatic carbocycles. The Labute approximate surface area is 166 Å². The number of nitrogens with one attached hydrogen (secondary N) is 1. The van der Waals surface area contributed by atoms with Crippen LogP contribution in [0.2, 0.25) is 0 Å². The van der Waals surface area contributed by atoms with Crippen LogP contribution in [0.4, 0.5) is 0 Å². The highest BCUT2D eigenvalue weighted by Crippen LogP contribution is 2.15. The molecule has 0 saturated carbocycles. The number of aryl methyl sites for hydroxylation is 1. The molecule has 4 nitrogen and oxygen atoms in total. The van der Waals surface area contributed by atoms with Crippen molar-refractivity contribution >= 4 is 45.2 Å². The van der Waals surface area contributed by atoms with Gasteiger partial charge in [-0.1, -0.05) is 30.3 Å². The minimum atomic E-state index is -0.0683. The second kappa shape index (κ2) is 8.98. The molecule has 0 radical (unpaired) electrons. The predicted molar refractivity (Wildman–Crippen MR) is 112 cm³/mol. The Balaban J connectivity index is 1.38. The zero-order chi connectivity index (χ0) is 18.4. The summed E-state index contributed by atoms with van der Waals surface area (Å²) in [6, 6.07) is 17.8. The van der Waals surface area contributed by atoms with Crippen LogP contribution in [0.1, 0.15) is 29.6 Å². The van der Waals surface area contributed by atoms with Crippen LogP contribution in [0.15, 0.2) is 60.8 Å². The van der Waals surface area contributed by atoms with Crippen LogP contribution in [0.3, 0.4) is 0 Å². The first-order valence-electron chi connectivity index (χ1n) is 8.73. The Hall–Kier alpha value is -2.15. The fraction of sp³-hybridized carbons (Fsp3) is 0.238. The number of nitrogens with zero attached hydrogens (tertiary/aromatic N) is 1. The lowest BCUT2D eigenvalue weighted by molar-refractivity contribution is -0.121. The van der Waals surface area contributed by atoms with E-state index in [9.17, 15) is 9.59 Å². The zero-order valence-electron chi connectivity index (χ0n) is 14.5. The number of carbonyl (C=O) groups excluding carboxylic acids is 2. The molecule has 3 aromatic rings. The van der Waals surface area contributed by atoms with Crippen molar-refractivity contribution in [1.82, 2.24) is 9.88 Å². The first-order valence-corrected chi connectivity index (χ1v) is 9.81. The van der Waals surface area contributed by atoms with Gasteiger partial charge in [0.2, 0.25) is 5.91 Å². The number of hydrogen-bond donors (Lipinski definition) is 1. The maximum atomic E-state index is 12.1. The smallest absolute Gasteiger partial charge is 0.220 e. The maximum Gasteiger partial charge on any atom is 0.220 e. The quantitative estimate of drug-likeness (QED) is 0.308. The molecule has 26 heavy (non-hydrogen) atoms. The van der Waals surface area contributed by atoms with E-state index in [0.717, 1.165) is 16.5 Å². The van der Waals surface area contributed by atoms with Gasteiger partial charge in [0.05, 0.1) is 0 Å². The number of aromatic nitrogens is 1. The van der Waals surface area contributed by atoms with E-state index >= 15 is 0 Å². The Bertz CT molecular complexity index is 900. The first kappa shape index (κ1) is 18.6. The molecule has 0 unspecified atom stereocenters. The van der Waals surface area contributed by atoms with Crippen LogP contribution < -0.4 is 5.32 Å². The third-order valence-electron chi connectivity index (χ3n) is 4.32. The van der Waals surface area contributed by atoms with E-state index in [1.165, 1.54) is 10.9 Å². The number of amides is 1. The van der Waals surface area contributed by atoms with Crippen molar-refractivity contribution < 1.29 is 9.59 Å². The molecule has 3 rings (SSSR count). The van der Waals surface area contributed by atoms with Gasteiger partial charge in [-0.3, -0.25) is 9.59 Å². The van der Waals surface area contributed by atoms with E-state index in [4.69, 9.17) is 0 Å². The normalized spacial score (nSPS) is 10.8. The van der Waals surface area contributed by atoms with Crippen molar-refractivity contribution in [2.24, 2.45) is 0 Å². The molecular weight excluding hydrogens is 439 g/mol. The average molecular weight is 460 g/mol. The van der Waals surface area contributed by atoms with E-state index in [2.05, 4.69) is 56.9 Å². The number of Topliss-reactive ketones (excluding diaryl/α,β-unsaturated/α-hetero) is 1. The van der Waals surface area contributed by atoms with Gasteiger partial charge in [0.1, 0.15) is 0 Å². The highest BCUT2D eigenvalue weighted by Gasteiger charge is 2.09. The zero-order valence-corrected chi connectivity index (χ0v) is 16.6. The van der Waals surface area contributed by atoms with Gasteiger partial charge in [0.15, 0.2) is 5.78 Å². The van der Waals surface area contributed by atoms with Crippen molar-refractivity contribution in [3.05, 3.63) is 69.9 Å². The molecule has 1 N–H and O–H groups in total. The van der Waals surface area contributed by atoms with E-state index in [1.54, 1.807) is 0 Å². The highest BCUT2D eigenvalue weighted by molar-refractivity contribution is 14.1. The van der Waals surface area contributed by atoms with E-state index in [1.807, 2.05) is 36.4 Å². The Morgan fingerprint density at radius 2 is 1.73 bits per heavy atom. The monoisotopic (exact) mass is 460 g/mol. The number of carbonyl (C=O) groups is 2. The van der Waals surface area contributed by atoms with Crippen molar-refractivity contribution in [3.63, 3.8) is 0 Å². The van der Waals surface area contributed by atoms with Crippen LogP contribution in [-0.4, -0.2) is 22.8 Å². The summed E-state index contributed by atoms with van der Waals surface area (Å²) in [5, 5.41) is 4.13. The number of halogens is 1. The molecule has 0 fully saturated rings. The molecule has 0 bridgehead atoms. The summed E-state index contributed by atoms with van der Waals surface area (Å²) in [7, 11) is 0. The number of benzene rings is 2. The van der Waals surface area contributed by atoms with E-state index in [-0.39, 0.29) is 24.5 Å². The molecular formula is C21H21IN2O2. The second-order valence-electron chi connectivity index (χ2n) is 6.20. The minimum Gasteiger partial charge on any atom is -0.356 e. The number of hydrogen-bond acceptors (Lipinski definition) is 2. The lowest BCUT2D eigenvalue weighted by Gasteiger charge is -2.07. The topological polar surface area (TPSA) is 51.1 Å². The van der Waals surface area contributed by atoms with Gasteiger partial charge in [-0.2, -0.15) is 0 Å². The predicted octanol–water partition coefficient (Wildman–Crippen LogP) is 4.42. The lowest BCUT2D eigenvalue weighted by atomic mass is 10.1. The van der Waals surface area contributed by atoms with Crippen LogP contribution >= 0.6 is 22.6 Å². The van der Waals surface area contributed by atoms with Crippen LogP contribution in [-0.2, 0) is 11.3 Å². The van der Waals surface area contributed by atoms with Gasteiger partial charge in [0, 0.05) is 46.8 Å². The van der Waals surface area contributed by atoms with Gasteiger partial charge in [-0.25, -0.2) is 0 Å². The van der Waals surface area contributed by atoms with Gasteiger partial charge < -0.3 is 9.88 Å². The highest BCUT2D eigenvalue weighted by atomic mass is 127. The summed E-state index contributed by atoms with van der Waals surface area (Å²) in [4.78, 5) is 24.0. The standard InChI is InChI=1S/C21H21IN2O2/c22-18-8-6-17(7-9-18)20(25)10-11-21(26)23-13-3-14-24-15-12-16-4-1-2-5-19(16)24/h1-2,4-9,12,15H,3,10-11,13-14H2,(H,23,26). The summed E-state index contributed by atoms with van der Waals surface area (Å²) in [5.41, 5.74) is 1.87. The van der Waals surface area contributed by atoms with Gasteiger partial charge in [-0.05, 0) is 58.7 Å². The number of para-hydroxylation sites is 1. The SMILES string of the molecule is O=C(CCC(=O)c1ccc(I)cc1)NCCCn1ccc2ccccc21. The molecule has 2 aromatic carbocycles. The summed E-state index contributed by atoms with van der Waals surface area (Å²) >= 11 is 2.20. The van der Waals surface area contributed by atoms with Crippen molar-refractivity contribution in [2.45, 2.75) is 25.8 Å². The third kappa shape index (κ3) is 4.94. The molecule has 0 aliphatic heterocycles.